The zero-order valence-electron chi connectivity index (χ0n) is 19.8. The maximum absolute atomic E-state index is 14.4. The van der Waals surface area contributed by atoms with Crippen molar-refractivity contribution >= 4 is 44.1 Å². The first-order valence-corrected chi connectivity index (χ1v) is 12.5. The van der Waals surface area contributed by atoms with Gasteiger partial charge in [-0.25, -0.2) is 13.8 Å². The zero-order chi connectivity index (χ0) is 26.0. The Balaban J connectivity index is 1.55. The molecule has 0 radical (unpaired) electrons. The summed E-state index contributed by atoms with van der Waals surface area (Å²) in [7, 11) is 0. The summed E-state index contributed by atoms with van der Waals surface area (Å²) >= 11 is 0.898. The molecule has 2 aliphatic rings. The Hall–Kier alpha value is -4.11. The van der Waals surface area contributed by atoms with Gasteiger partial charge in [-0.3, -0.25) is 14.5 Å². The number of aryl methyl sites for hydroxylation is 1. The first kappa shape index (κ1) is 23.3. The maximum Gasteiger partial charge on any atom is 0.301 e. The normalized spacial score (nSPS) is 20.5. The molecule has 4 aromatic rings. The summed E-state index contributed by atoms with van der Waals surface area (Å²) in [6.45, 7) is 3.81. The number of benzene rings is 3. The van der Waals surface area contributed by atoms with Crippen LogP contribution < -0.4 is 9.64 Å². The van der Waals surface area contributed by atoms with Crippen LogP contribution in [0.1, 0.15) is 35.2 Å². The van der Waals surface area contributed by atoms with Gasteiger partial charge in [-0.2, -0.15) is 0 Å². The number of aromatic nitrogens is 1. The van der Waals surface area contributed by atoms with Gasteiger partial charge in [0.2, 0.25) is 0 Å². The van der Waals surface area contributed by atoms with Gasteiger partial charge in [-0.05, 0) is 49.2 Å². The smallest absolute Gasteiger partial charge is 0.301 e. The summed E-state index contributed by atoms with van der Waals surface area (Å²) in [6, 6.07) is 13.2. The number of fused-ring (bicyclic) bond motifs is 2. The van der Waals surface area contributed by atoms with Gasteiger partial charge in [-0.1, -0.05) is 41.2 Å². The van der Waals surface area contributed by atoms with Crippen molar-refractivity contribution in [3.05, 3.63) is 94.1 Å². The Bertz CT molecular complexity index is 1660. The van der Waals surface area contributed by atoms with Crippen molar-refractivity contribution in [1.29, 1.82) is 0 Å². The number of halogens is 2. The van der Waals surface area contributed by atoms with E-state index in [0.29, 0.717) is 23.3 Å². The number of carbonyl (C=O) groups is 2. The summed E-state index contributed by atoms with van der Waals surface area (Å²) in [5.41, 5.74) is 2.52. The summed E-state index contributed by atoms with van der Waals surface area (Å²) < 4.78 is 34.2. The third kappa shape index (κ3) is 3.77. The van der Waals surface area contributed by atoms with Gasteiger partial charge in [0, 0.05) is 18.1 Å². The first-order valence-electron chi connectivity index (χ1n) is 11.6. The maximum atomic E-state index is 14.4. The molecule has 2 atom stereocenters. The number of Topliss-reactive ketones (excluding diaryl/α,β-unsaturated/α-hetero) is 1. The van der Waals surface area contributed by atoms with E-state index in [-0.39, 0.29) is 32.8 Å². The summed E-state index contributed by atoms with van der Waals surface area (Å²) in [5.74, 6) is -3.05. The fraction of sp³-hybridized carbons (Fsp3) is 0.179. The number of ketones is 1. The second-order valence-electron chi connectivity index (χ2n) is 9.27. The van der Waals surface area contributed by atoms with E-state index >= 15 is 0 Å². The lowest BCUT2D eigenvalue weighted by Crippen LogP contribution is -2.29. The number of hydrogen-bond donors (Lipinski definition) is 1. The number of carbonyl (C=O) groups excluding carboxylic acids is 2. The fourth-order valence-electron chi connectivity index (χ4n) is 4.96. The number of aliphatic hydroxyl groups is 1. The highest BCUT2D eigenvalue weighted by Gasteiger charge is 2.48. The van der Waals surface area contributed by atoms with Crippen LogP contribution in [0.2, 0.25) is 0 Å². The topological polar surface area (TPSA) is 79.7 Å². The molecule has 1 amide bonds. The van der Waals surface area contributed by atoms with Crippen molar-refractivity contribution in [2.24, 2.45) is 0 Å². The second kappa shape index (κ2) is 8.48. The van der Waals surface area contributed by atoms with Crippen LogP contribution in [-0.4, -0.2) is 27.9 Å². The largest absolute Gasteiger partial charge is 0.507 e. The van der Waals surface area contributed by atoms with Gasteiger partial charge in [-0.15, -0.1) is 0 Å². The van der Waals surface area contributed by atoms with E-state index in [1.165, 1.54) is 0 Å². The third-order valence-electron chi connectivity index (χ3n) is 6.58. The highest BCUT2D eigenvalue weighted by Crippen LogP contribution is 2.45. The van der Waals surface area contributed by atoms with Gasteiger partial charge in [0.1, 0.15) is 28.9 Å². The van der Waals surface area contributed by atoms with Gasteiger partial charge in [0.05, 0.1) is 16.3 Å². The minimum atomic E-state index is -1.02. The van der Waals surface area contributed by atoms with E-state index in [0.717, 1.165) is 39.5 Å². The van der Waals surface area contributed by atoms with Crippen molar-refractivity contribution < 1.29 is 28.2 Å². The van der Waals surface area contributed by atoms with Crippen LogP contribution in [0.15, 0.2) is 60.2 Å². The second-order valence-corrected chi connectivity index (χ2v) is 10.3. The van der Waals surface area contributed by atoms with Crippen LogP contribution >= 0.6 is 11.3 Å². The Morgan fingerprint density at radius 2 is 1.95 bits per heavy atom. The number of rotatable bonds is 3. The molecule has 3 aromatic carbocycles. The van der Waals surface area contributed by atoms with E-state index in [1.54, 1.807) is 30.3 Å². The molecule has 9 heteroatoms. The number of ether oxygens (including phenoxy) is 1. The van der Waals surface area contributed by atoms with E-state index < -0.39 is 29.4 Å². The molecule has 186 valence electrons. The Labute approximate surface area is 214 Å². The summed E-state index contributed by atoms with van der Waals surface area (Å²) in [6.07, 6.45) is 0.648. The van der Waals surface area contributed by atoms with Crippen LogP contribution in [-0.2, 0) is 16.0 Å². The highest BCUT2D eigenvalue weighted by atomic mass is 32.1. The van der Waals surface area contributed by atoms with Gasteiger partial charge in [0.25, 0.3) is 5.78 Å². The molecule has 0 spiro atoms. The lowest BCUT2D eigenvalue weighted by molar-refractivity contribution is -0.132. The predicted molar refractivity (Wildman–Crippen MR) is 136 cm³/mol. The molecule has 1 saturated heterocycles. The Morgan fingerprint density at radius 3 is 2.73 bits per heavy atom. The van der Waals surface area contributed by atoms with Crippen molar-refractivity contribution in [1.82, 2.24) is 4.98 Å². The predicted octanol–water partition coefficient (Wildman–Crippen LogP) is 5.83. The monoisotopic (exact) mass is 518 g/mol. The molecule has 2 aliphatic heterocycles. The lowest BCUT2D eigenvalue weighted by atomic mass is 9.94. The zero-order valence-corrected chi connectivity index (χ0v) is 20.6. The van der Waals surface area contributed by atoms with Gasteiger partial charge in [0.15, 0.2) is 10.9 Å². The van der Waals surface area contributed by atoms with Crippen molar-refractivity contribution in [2.45, 2.75) is 32.4 Å². The minimum absolute atomic E-state index is 0.00506. The number of amides is 1. The van der Waals surface area contributed by atoms with Crippen LogP contribution in [0, 0.1) is 18.6 Å². The molecular weight excluding hydrogens is 498 g/mol. The highest BCUT2D eigenvalue weighted by molar-refractivity contribution is 7.22. The number of hydrogen-bond acceptors (Lipinski definition) is 6. The molecule has 0 bridgehead atoms. The number of thiazole rings is 1. The molecule has 2 unspecified atom stereocenters. The summed E-state index contributed by atoms with van der Waals surface area (Å²) in [5, 5.41) is 11.4. The summed E-state index contributed by atoms with van der Waals surface area (Å²) in [4.78, 5) is 32.2. The average molecular weight is 519 g/mol. The molecule has 1 N–H and O–H groups in total. The molecule has 0 aliphatic carbocycles. The molecule has 0 saturated carbocycles. The molecule has 6 nitrogen and oxygen atoms in total. The minimum Gasteiger partial charge on any atom is -0.507 e. The van der Waals surface area contributed by atoms with Crippen LogP contribution in [0.3, 0.4) is 0 Å². The van der Waals surface area contributed by atoms with Crippen molar-refractivity contribution in [2.75, 3.05) is 4.90 Å². The quantitative estimate of drug-likeness (QED) is 0.210. The van der Waals surface area contributed by atoms with Crippen molar-refractivity contribution in [3.8, 4) is 5.75 Å². The van der Waals surface area contributed by atoms with Gasteiger partial charge < -0.3 is 9.84 Å². The van der Waals surface area contributed by atoms with E-state index in [2.05, 4.69) is 4.98 Å². The number of anilines is 1. The van der Waals surface area contributed by atoms with Gasteiger partial charge >= 0.3 is 5.91 Å². The molecule has 3 heterocycles. The van der Waals surface area contributed by atoms with E-state index in [4.69, 9.17) is 4.74 Å². The fourth-order valence-corrected chi connectivity index (χ4v) is 5.99. The standard InChI is InChI=1S/C28H20F2N2O4S/c1-13-4-3-5-15(8-13)24-22(25(33)16-6-7-20-17(10-16)9-14(2)36-20)26(34)27(35)32(24)28-31-23-19(30)11-18(29)12-21(23)37-28/h3-8,10-12,14,24,33H,9H2,1-2H3/b25-22+. The third-order valence-corrected chi connectivity index (χ3v) is 7.58. The van der Waals surface area contributed by atoms with Crippen LogP contribution in [0.5, 0.6) is 5.75 Å². The number of aliphatic hydroxyl groups excluding tert-OH is 1. The molecule has 1 aromatic heterocycles. The molecule has 1 fully saturated rings. The van der Waals surface area contributed by atoms with E-state index in [1.807, 2.05) is 26.0 Å². The van der Waals surface area contributed by atoms with Crippen LogP contribution in [0.25, 0.3) is 16.0 Å². The van der Waals surface area contributed by atoms with E-state index in [9.17, 15) is 23.5 Å². The SMILES string of the molecule is Cc1cccc(C2/C(=C(\O)c3ccc4c(c3)CC(C)O4)C(=O)C(=O)N2c2nc3c(F)cc(F)cc3s2)c1. The molecular formula is C28H20F2N2O4S. The molecule has 37 heavy (non-hydrogen) atoms. The van der Waals surface area contributed by atoms with Crippen LogP contribution in [0.4, 0.5) is 13.9 Å². The Morgan fingerprint density at radius 1 is 1.14 bits per heavy atom. The first-order chi connectivity index (χ1) is 17.7. The molecule has 6 rings (SSSR count). The average Bonchev–Trinajstić information content (AvgIpc) is 3.51. The Kier molecular flexibility index (Phi) is 5.34. The number of nitrogens with zero attached hydrogens (tertiary/aromatic N) is 2. The lowest BCUT2D eigenvalue weighted by Gasteiger charge is -2.23. The van der Waals surface area contributed by atoms with Crippen molar-refractivity contribution in [3.63, 3.8) is 0 Å².